The summed E-state index contributed by atoms with van der Waals surface area (Å²) >= 11 is 0. The van der Waals surface area contributed by atoms with Gasteiger partial charge in [-0.15, -0.1) is 0 Å². The van der Waals surface area contributed by atoms with Gasteiger partial charge in [0.25, 0.3) is 8.05 Å². The summed E-state index contributed by atoms with van der Waals surface area (Å²) in [5.74, 6) is 0. The molecule has 1 heterocycles. The average molecular weight is 126 g/mol. The lowest BCUT2D eigenvalue weighted by Gasteiger charge is -2.40. The van der Waals surface area contributed by atoms with Crippen LogP contribution in [0.25, 0.3) is 0 Å². The third-order valence-corrected chi connectivity index (χ3v) is 1.96. The molecule has 0 saturated carbocycles. The maximum absolute atomic E-state index is 5.05. The minimum absolute atomic E-state index is 0.245. The molecule has 1 rings (SSSR count). The highest BCUT2D eigenvalue weighted by Gasteiger charge is 2.36. The molecule has 0 aromatic rings. The molecule has 0 atom stereocenters. The van der Waals surface area contributed by atoms with E-state index in [0.29, 0.717) is 6.61 Å². The van der Waals surface area contributed by atoms with E-state index in [1.807, 2.05) is 0 Å². The van der Waals surface area contributed by atoms with Gasteiger partial charge in [-0.1, -0.05) is 6.92 Å². The van der Waals surface area contributed by atoms with Gasteiger partial charge in [-0.05, 0) is 6.42 Å². The number of rotatable bonds is 3. The Labute approximate surface area is 57.0 Å². The van der Waals surface area contributed by atoms with Gasteiger partial charge in [0.2, 0.25) is 0 Å². The third kappa shape index (κ3) is 1.27. The minimum atomic E-state index is 0.245. The van der Waals surface area contributed by atoms with Crippen LogP contribution in [0, 0.1) is 5.41 Å². The van der Waals surface area contributed by atoms with E-state index < -0.39 is 0 Å². The Balaban J connectivity index is 2.28. The first-order valence-corrected chi connectivity index (χ1v) is 3.22. The molecule has 2 radical (unpaired) electrons. The lowest BCUT2D eigenvalue weighted by atomic mass is 9.84. The van der Waals surface area contributed by atoms with Crippen LogP contribution in [0.2, 0.25) is 0 Å². The fourth-order valence-corrected chi connectivity index (χ4v) is 0.957. The van der Waals surface area contributed by atoms with Crippen molar-refractivity contribution in [3.8, 4) is 0 Å². The van der Waals surface area contributed by atoms with E-state index in [1.165, 1.54) is 0 Å². The largest absolute Gasteiger partial charge is 0.447 e. The molecule has 0 aromatic heterocycles. The molecule has 3 heteroatoms. The van der Waals surface area contributed by atoms with Gasteiger partial charge in [0.05, 0.1) is 13.2 Å². The van der Waals surface area contributed by atoms with Crippen LogP contribution in [0.3, 0.4) is 0 Å². The Morgan fingerprint density at radius 2 is 2.33 bits per heavy atom. The highest BCUT2D eigenvalue weighted by molar-refractivity contribution is 5.97. The Bertz CT molecular complexity index is 85.5. The number of hydrogen-bond donors (Lipinski definition) is 0. The molecule has 0 unspecified atom stereocenters. The summed E-state index contributed by atoms with van der Waals surface area (Å²) in [4.78, 5) is 0. The van der Waals surface area contributed by atoms with Crippen LogP contribution in [0.4, 0.5) is 0 Å². The molecule has 0 aliphatic carbocycles. The summed E-state index contributed by atoms with van der Waals surface area (Å²) in [5, 5.41) is 0. The van der Waals surface area contributed by atoms with E-state index in [4.69, 9.17) is 12.8 Å². The maximum atomic E-state index is 5.05. The maximum Gasteiger partial charge on any atom is 0.282 e. The van der Waals surface area contributed by atoms with Crippen LogP contribution in [0.1, 0.15) is 13.3 Å². The summed E-state index contributed by atoms with van der Waals surface area (Å²) in [6.07, 6.45) is 1.09. The molecule has 50 valence electrons. The molecule has 0 bridgehead atoms. The molecule has 9 heavy (non-hydrogen) atoms. The second-order valence-corrected chi connectivity index (χ2v) is 2.66. The third-order valence-electron chi connectivity index (χ3n) is 1.96. The number of hydrogen-bond acceptors (Lipinski definition) is 2. The van der Waals surface area contributed by atoms with Gasteiger partial charge in [0, 0.05) is 12.0 Å². The molecular weight excluding hydrogens is 115 g/mol. The zero-order valence-electron chi connectivity index (χ0n) is 5.72. The van der Waals surface area contributed by atoms with E-state index in [1.54, 1.807) is 0 Å². The van der Waals surface area contributed by atoms with Crippen molar-refractivity contribution >= 4 is 8.05 Å². The number of ether oxygens (including phenoxy) is 1. The van der Waals surface area contributed by atoms with E-state index in [0.717, 1.165) is 19.6 Å². The van der Waals surface area contributed by atoms with Crippen molar-refractivity contribution in [1.29, 1.82) is 0 Å². The van der Waals surface area contributed by atoms with Crippen molar-refractivity contribution in [2.45, 2.75) is 13.3 Å². The lowest BCUT2D eigenvalue weighted by molar-refractivity contribution is -0.132. The van der Waals surface area contributed by atoms with Crippen molar-refractivity contribution in [2.75, 3.05) is 19.8 Å². The predicted octanol–water partition coefficient (Wildman–Crippen LogP) is 0.513. The molecule has 0 spiro atoms. The predicted molar refractivity (Wildman–Crippen MR) is 35.2 cm³/mol. The first kappa shape index (κ1) is 7.10. The van der Waals surface area contributed by atoms with Crippen LogP contribution in [-0.2, 0) is 9.39 Å². The van der Waals surface area contributed by atoms with Gasteiger partial charge in [-0.2, -0.15) is 0 Å². The molecule has 1 saturated heterocycles. The summed E-state index contributed by atoms with van der Waals surface area (Å²) < 4.78 is 9.61. The Hall–Kier alpha value is -0.0151. The first-order valence-electron chi connectivity index (χ1n) is 3.22. The summed E-state index contributed by atoms with van der Waals surface area (Å²) in [6.45, 7) is 4.37. The Kier molecular flexibility index (Phi) is 2.14. The molecule has 0 amide bonds. The van der Waals surface area contributed by atoms with E-state index in [2.05, 4.69) is 11.6 Å². The van der Waals surface area contributed by atoms with Gasteiger partial charge in [-0.3, -0.25) is 0 Å². The molecule has 1 aliphatic rings. The van der Waals surface area contributed by atoms with E-state index in [9.17, 15) is 0 Å². The minimum Gasteiger partial charge on any atom is -0.447 e. The quantitative estimate of drug-likeness (QED) is 0.513. The Morgan fingerprint density at radius 1 is 1.67 bits per heavy atom. The molecule has 1 fully saturated rings. The summed E-state index contributed by atoms with van der Waals surface area (Å²) in [6, 6.07) is 0. The highest BCUT2D eigenvalue weighted by atomic mass is 16.5. The van der Waals surface area contributed by atoms with Crippen molar-refractivity contribution in [3.63, 3.8) is 0 Å². The molecule has 1 aliphatic heterocycles. The van der Waals surface area contributed by atoms with E-state index >= 15 is 0 Å². The zero-order valence-corrected chi connectivity index (χ0v) is 5.72. The van der Waals surface area contributed by atoms with Gasteiger partial charge in [-0.25, -0.2) is 0 Å². The zero-order chi connectivity index (χ0) is 6.74. The summed E-state index contributed by atoms with van der Waals surface area (Å²) in [7, 11) is 4.94. The van der Waals surface area contributed by atoms with Crippen molar-refractivity contribution in [1.82, 2.24) is 0 Å². The lowest BCUT2D eigenvalue weighted by Crippen LogP contribution is -2.45. The van der Waals surface area contributed by atoms with E-state index in [-0.39, 0.29) is 5.41 Å². The highest BCUT2D eigenvalue weighted by Crippen LogP contribution is 2.30. The SMILES string of the molecule is [B]OCC1(CC)COC1. The molecule has 0 aromatic carbocycles. The molecular formula is C6H11BO2. The smallest absolute Gasteiger partial charge is 0.282 e. The van der Waals surface area contributed by atoms with Gasteiger partial charge in [0.1, 0.15) is 0 Å². The molecule has 2 nitrogen and oxygen atoms in total. The first-order chi connectivity index (χ1) is 4.33. The van der Waals surface area contributed by atoms with Gasteiger partial charge < -0.3 is 9.39 Å². The average Bonchev–Trinajstić information content (AvgIpc) is 1.79. The normalized spacial score (nSPS) is 23.2. The second kappa shape index (κ2) is 2.71. The Morgan fingerprint density at radius 3 is 2.44 bits per heavy atom. The van der Waals surface area contributed by atoms with Crippen LogP contribution >= 0.6 is 0 Å². The molecule has 0 N–H and O–H groups in total. The van der Waals surface area contributed by atoms with Crippen LogP contribution in [0.15, 0.2) is 0 Å². The van der Waals surface area contributed by atoms with Crippen molar-refractivity contribution < 1.29 is 9.39 Å². The van der Waals surface area contributed by atoms with Gasteiger partial charge in [0.15, 0.2) is 0 Å². The van der Waals surface area contributed by atoms with Gasteiger partial charge >= 0.3 is 0 Å². The van der Waals surface area contributed by atoms with Crippen molar-refractivity contribution in [2.24, 2.45) is 5.41 Å². The van der Waals surface area contributed by atoms with Crippen LogP contribution in [-0.4, -0.2) is 27.9 Å². The fraction of sp³-hybridized carbons (Fsp3) is 1.00. The van der Waals surface area contributed by atoms with Crippen LogP contribution in [0.5, 0.6) is 0 Å². The summed E-state index contributed by atoms with van der Waals surface area (Å²) in [5.41, 5.74) is 0.245. The van der Waals surface area contributed by atoms with Crippen molar-refractivity contribution in [3.05, 3.63) is 0 Å². The standard InChI is InChI=1S/C6H11BO2/c1-2-6(5-9-7)3-8-4-6/h2-5H2,1H3. The van der Waals surface area contributed by atoms with Crippen LogP contribution < -0.4 is 0 Å². The topological polar surface area (TPSA) is 18.5 Å². The fourth-order valence-electron chi connectivity index (χ4n) is 0.957. The monoisotopic (exact) mass is 126 g/mol. The second-order valence-electron chi connectivity index (χ2n) is 2.66.